The number of ketones is 1. The number of nitrogens with one attached hydrogen (secondary N) is 1. The second kappa shape index (κ2) is 4.59. The van der Waals surface area contributed by atoms with E-state index in [9.17, 15) is 4.79 Å². The van der Waals surface area contributed by atoms with Crippen molar-refractivity contribution in [1.82, 2.24) is 5.32 Å². The lowest BCUT2D eigenvalue weighted by molar-refractivity contribution is 0.0665. The van der Waals surface area contributed by atoms with Crippen LogP contribution >= 0.6 is 0 Å². The standard InChI is InChI=1S/C11H15NO3/c1-8-2-3-11(15-8)10(13)6-9-7-14-5-4-12-9/h2-3,9,12H,4-7H2,1H3. The van der Waals surface area contributed by atoms with E-state index in [1.807, 2.05) is 6.92 Å². The highest BCUT2D eigenvalue weighted by molar-refractivity contribution is 5.93. The SMILES string of the molecule is Cc1ccc(C(=O)CC2COCCN2)o1. The van der Waals surface area contributed by atoms with E-state index in [0.29, 0.717) is 18.8 Å². The molecule has 0 saturated carbocycles. The molecule has 15 heavy (non-hydrogen) atoms. The van der Waals surface area contributed by atoms with Gasteiger partial charge in [-0.05, 0) is 19.1 Å². The maximum Gasteiger partial charge on any atom is 0.199 e. The minimum absolute atomic E-state index is 0.0334. The summed E-state index contributed by atoms with van der Waals surface area (Å²) in [7, 11) is 0. The molecule has 0 spiro atoms. The van der Waals surface area contributed by atoms with Gasteiger partial charge in [-0.3, -0.25) is 4.79 Å². The van der Waals surface area contributed by atoms with Gasteiger partial charge in [0.25, 0.3) is 0 Å². The lowest BCUT2D eigenvalue weighted by atomic mass is 10.1. The Bertz CT molecular complexity index is 339. The van der Waals surface area contributed by atoms with Crippen molar-refractivity contribution in [2.45, 2.75) is 19.4 Å². The predicted octanol–water partition coefficient (Wildman–Crippen LogP) is 1.15. The maximum absolute atomic E-state index is 11.7. The molecule has 1 aliphatic rings. The lowest BCUT2D eigenvalue weighted by Crippen LogP contribution is -2.42. The van der Waals surface area contributed by atoms with Crippen molar-refractivity contribution in [1.29, 1.82) is 0 Å². The van der Waals surface area contributed by atoms with Crippen LogP contribution in [0.2, 0.25) is 0 Å². The van der Waals surface area contributed by atoms with Gasteiger partial charge in [-0.1, -0.05) is 0 Å². The number of carbonyl (C=O) groups excluding carboxylic acids is 1. The number of carbonyl (C=O) groups is 1. The average molecular weight is 209 g/mol. The van der Waals surface area contributed by atoms with Crippen LogP contribution in [0.1, 0.15) is 22.7 Å². The van der Waals surface area contributed by atoms with Crippen molar-refractivity contribution in [3.63, 3.8) is 0 Å². The highest BCUT2D eigenvalue weighted by Crippen LogP contribution is 2.11. The van der Waals surface area contributed by atoms with Crippen LogP contribution in [-0.2, 0) is 4.74 Å². The monoisotopic (exact) mass is 209 g/mol. The van der Waals surface area contributed by atoms with Gasteiger partial charge in [0.2, 0.25) is 0 Å². The van der Waals surface area contributed by atoms with Gasteiger partial charge in [-0.2, -0.15) is 0 Å². The summed E-state index contributed by atoms with van der Waals surface area (Å²) >= 11 is 0. The second-order valence-electron chi connectivity index (χ2n) is 3.76. The van der Waals surface area contributed by atoms with Crippen LogP contribution in [0.5, 0.6) is 0 Å². The van der Waals surface area contributed by atoms with E-state index in [0.717, 1.165) is 18.9 Å². The molecule has 1 atom stereocenters. The van der Waals surface area contributed by atoms with Crippen LogP contribution in [-0.4, -0.2) is 31.6 Å². The van der Waals surface area contributed by atoms with E-state index < -0.39 is 0 Å². The Kier molecular flexibility index (Phi) is 3.18. The molecular formula is C11H15NO3. The van der Waals surface area contributed by atoms with Gasteiger partial charge < -0.3 is 14.5 Å². The van der Waals surface area contributed by atoms with Gasteiger partial charge in [0.05, 0.1) is 13.2 Å². The Balaban J connectivity index is 1.91. The van der Waals surface area contributed by atoms with Crippen molar-refractivity contribution >= 4 is 5.78 Å². The molecule has 1 saturated heterocycles. The normalized spacial score (nSPS) is 21.5. The van der Waals surface area contributed by atoms with Crippen LogP contribution in [0.15, 0.2) is 16.5 Å². The topological polar surface area (TPSA) is 51.5 Å². The largest absolute Gasteiger partial charge is 0.458 e. The molecule has 1 fully saturated rings. The number of furan rings is 1. The highest BCUT2D eigenvalue weighted by Gasteiger charge is 2.19. The maximum atomic E-state index is 11.7. The molecule has 2 rings (SSSR count). The number of Topliss-reactive ketones (excluding diaryl/α,β-unsaturated/α-hetero) is 1. The summed E-state index contributed by atoms with van der Waals surface area (Å²) in [6.45, 7) is 3.98. The average Bonchev–Trinajstić information content (AvgIpc) is 2.66. The van der Waals surface area contributed by atoms with E-state index in [1.54, 1.807) is 12.1 Å². The van der Waals surface area contributed by atoms with Crippen LogP contribution < -0.4 is 5.32 Å². The first-order valence-electron chi connectivity index (χ1n) is 5.16. The zero-order valence-electron chi connectivity index (χ0n) is 8.79. The molecule has 1 aromatic heterocycles. The second-order valence-corrected chi connectivity index (χ2v) is 3.76. The van der Waals surface area contributed by atoms with Crippen molar-refractivity contribution in [3.05, 3.63) is 23.7 Å². The molecule has 0 aromatic carbocycles. The predicted molar refractivity (Wildman–Crippen MR) is 55.0 cm³/mol. The summed E-state index contributed by atoms with van der Waals surface area (Å²) in [5, 5.41) is 3.24. The third-order valence-electron chi connectivity index (χ3n) is 2.45. The number of rotatable bonds is 3. The molecular weight excluding hydrogens is 194 g/mol. The van der Waals surface area contributed by atoms with Gasteiger partial charge in [-0.15, -0.1) is 0 Å². The van der Waals surface area contributed by atoms with E-state index in [4.69, 9.17) is 9.15 Å². The summed E-state index contributed by atoms with van der Waals surface area (Å²) in [6.07, 6.45) is 0.437. The van der Waals surface area contributed by atoms with Crippen LogP contribution in [0.25, 0.3) is 0 Å². The van der Waals surface area contributed by atoms with Crippen molar-refractivity contribution < 1.29 is 13.9 Å². The molecule has 4 heteroatoms. The smallest absolute Gasteiger partial charge is 0.199 e. The highest BCUT2D eigenvalue weighted by atomic mass is 16.5. The zero-order valence-corrected chi connectivity index (χ0v) is 8.79. The molecule has 4 nitrogen and oxygen atoms in total. The zero-order chi connectivity index (χ0) is 10.7. The Labute approximate surface area is 88.6 Å². The summed E-state index contributed by atoms with van der Waals surface area (Å²) in [5.41, 5.74) is 0. The lowest BCUT2D eigenvalue weighted by Gasteiger charge is -2.22. The number of hydrogen-bond acceptors (Lipinski definition) is 4. The fraction of sp³-hybridized carbons (Fsp3) is 0.545. The van der Waals surface area contributed by atoms with Gasteiger partial charge in [-0.25, -0.2) is 0 Å². The number of morpholine rings is 1. The summed E-state index contributed by atoms with van der Waals surface area (Å²) in [4.78, 5) is 11.7. The number of hydrogen-bond donors (Lipinski definition) is 1. The van der Waals surface area contributed by atoms with Gasteiger partial charge >= 0.3 is 0 Å². The Morgan fingerprint density at radius 2 is 2.47 bits per heavy atom. The molecule has 2 heterocycles. The first-order chi connectivity index (χ1) is 7.25. The molecule has 82 valence electrons. The molecule has 0 bridgehead atoms. The van der Waals surface area contributed by atoms with Crippen LogP contribution in [0, 0.1) is 6.92 Å². The molecule has 1 N–H and O–H groups in total. The first kappa shape index (κ1) is 10.4. The minimum atomic E-state index is 0.0334. The van der Waals surface area contributed by atoms with Crippen molar-refractivity contribution in [2.24, 2.45) is 0 Å². The number of aryl methyl sites for hydroxylation is 1. The fourth-order valence-electron chi connectivity index (χ4n) is 1.66. The molecule has 0 radical (unpaired) electrons. The summed E-state index contributed by atoms with van der Waals surface area (Å²) in [6, 6.07) is 3.65. The van der Waals surface area contributed by atoms with Gasteiger partial charge in [0.1, 0.15) is 5.76 Å². The summed E-state index contributed by atoms with van der Waals surface area (Å²) < 4.78 is 10.5. The Morgan fingerprint density at radius 3 is 3.07 bits per heavy atom. The minimum Gasteiger partial charge on any atom is -0.458 e. The summed E-state index contributed by atoms with van der Waals surface area (Å²) in [5.74, 6) is 1.25. The number of ether oxygens (including phenoxy) is 1. The third-order valence-corrected chi connectivity index (χ3v) is 2.45. The Hall–Kier alpha value is -1.13. The van der Waals surface area contributed by atoms with Crippen LogP contribution in [0.3, 0.4) is 0 Å². The Morgan fingerprint density at radius 1 is 1.60 bits per heavy atom. The third kappa shape index (κ3) is 2.67. The van der Waals surface area contributed by atoms with Gasteiger partial charge in [0, 0.05) is 19.0 Å². The van der Waals surface area contributed by atoms with Crippen molar-refractivity contribution in [3.8, 4) is 0 Å². The van der Waals surface area contributed by atoms with Crippen molar-refractivity contribution in [2.75, 3.05) is 19.8 Å². The molecule has 0 amide bonds. The van der Waals surface area contributed by atoms with E-state index in [2.05, 4.69) is 5.32 Å². The fourth-order valence-corrected chi connectivity index (χ4v) is 1.66. The first-order valence-corrected chi connectivity index (χ1v) is 5.16. The van der Waals surface area contributed by atoms with E-state index >= 15 is 0 Å². The van der Waals surface area contributed by atoms with E-state index in [-0.39, 0.29) is 11.8 Å². The quantitative estimate of drug-likeness (QED) is 0.759. The molecule has 1 aromatic rings. The molecule has 1 unspecified atom stereocenters. The molecule has 1 aliphatic heterocycles. The van der Waals surface area contributed by atoms with Crippen LogP contribution in [0.4, 0.5) is 0 Å². The van der Waals surface area contributed by atoms with E-state index in [1.165, 1.54) is 0 Å². The molecule has 0 aliphatic carbocycles. The van der Waals surface area contributed by atoms with Gasteiger partial charge in [0.15, 0.2) is 11.5 Å².